The summed E-state index contributed by atoms with van der Waals surface area (Å²) < 4.78 is 11.8. The topological polar surface area (TPSA) is 111 Å². The Balaban J connectivity index is 0.000000834. The van der Waals surface area contributed by atoms with Crippen molar-refractivity contribution >= 4 is 23.6 Å². The van der Waals surface area contributed by atoms with E-state index in [1.807, 2.05) is 62.4 Å². The van der Waals surface area contributed by atoms with Crippen molar-refractivity contribution in [2.75, 3.05) is 0 Å². The van der Waals surface area contributed by atoms with Crippen LogP contribution in [0.3, 0.4) is 0 Å². The summed E-state index contributed by atoms with van der Waals surface area (Å²) in [5.41, 5.74) is 3.11. The summed E-state index contributed by atoms with van der Waals surface area (Å²) in [6, 6.07) is 25.0. The van der Waals surface area contributed by atoms with Gasteiger partial charge >= 0.3 is 0 Å². The molecule has 0 fully saturated rings. The zero-order valence-corrected chi connectivity index (χ0v) is 25.7. The molecular formula is C36H36N2O6. The molecule has 0 bridgehead atoms. The fraction of sp³-hybridized carbons (Fsp3) is 0.222. The van der Waals surface area contributed by atoms with E-state index < -0.39 is 23.6 Å². The van der Waals surface area contributed by atoms with E-state index in [1.165, 1.54) is 6.42 Å². The maximum Gasteiger partial charge on any atom is 0.259 e. The number of amides is 4. The van der Waals surface area contributed by atoms with Crippen LogP contribution >= 0.6 is 0 Å². The highest BCUT2D eigenvalue weighted by molar-refractivity contribution is 6.22. The predicted molar refractivity (Wildman–Crippen MR) is 169 cm³/mol. The molecule has 0 saturated carbocycles. The Kier molecular flexibility index (Phi) is 9.63. The lowest BCUT2D eigenvalue weighted by molar-refractivity contribution is 0.0863. The zero-order valence-electron chi connectivity index (χ0n) is 25.7. The average Bonchev–Trinajstić information content (AvgIpc) is 3.47. The first-order valence-corrected chi connectivity index (χ1v) is 14.7. The number of benzene rings is 4. The van der Waals surface area contributed by atoms with Gasteiger partial charge in [0.25, 0.3) is 23.6 Å². The Bertz CT molecular complexity index is 1580. The van der Waals surface area contributed by atoms with Gasteiger partial charge in [0.2, 0.25) is 0 Å². The lowest BCUT2D eigenvalue weighted by Crippen LogP contribution is -2.19. The Morgan fingerprint density at radius 3 is 1.14 bits per heavy atom. The number of ether oxygens (including phenoxy) is 2. The van der Waals surface area contributed by atoms with Crippen LogP contribution in [0.5, 0.6) is 23.0 Å². The number of nitrogens with one attached hydrogen (secondary N) is 2. The largest absolute Gasteiger partial charge is 0.457 e. The van der Waals surface area contributed by atoms with Gasteiger partial charge in [-0.05, 0) is 71.8 Å². The Morgan fingerprint density at radius 2 is 0.795 bits per heavy atom. The van der Waals surface area contributed by atoms with Crippen molar-refractivity contribution in [3.05, 3.63) is 118 Å². The average molecular weight is 593 g/mol. The Morgan fingerprint density at radius 1 is 0.500 bits per heavy atom. The molecule has 2 N–H and O–H groups in total. The molecule has 0 aliphatic carbocycles. The summed E-state index contributed by atoms with van der Waals surface area (Å²) in [4.78, 5) is 47.3. The van der Waals surface area contributed by atoms with E-state index in [9.17, 15) is 19.2 Å². The molecule has 6 rings (SSSR count). The Hall–Kier alpha value is -5.24. The minimum absolute atomic E-state index is 0.305. The van der Waals surface area contributed by atoms with Crippen LogP contribution in [0, 0.1) is 0 Å². The van der Waals surface area contributed by atoms with Crippen LogP contribution in [0.25, 0.3) is 0 Å². The number of fused-ring (bicyclic) bond motifs is 2. The van der Waals surface area contributed by atoms with E-state index in [0.717, 1.165) is 11.1 Å². The van der Waals surface area contributed by atoms with Crippen molar-refractivity contribution in [1.82, 2.24) is 10.6 Å². The highest BCUT2D eigenvalue weighted by Crippen LogP contribution is 2.35. The van der Waals surface area contributed by atoms with Gasteiger partial charge in [0, 0.05) is 5.41 Å². The molecule has 226 valence electrons. The van der Waals surface area contributed by atoms with Crippen LogP contribution in [0.15, 0.2) is 84.9 Å². The van der Waals surface area contributed by atoms with Gasteiger partial charge < -0.3 is 9.47 Å². The van der Waals surface area contributed by atoms with E-state index >= 15 is 0 Å². The standard InChI is InChI=1S/C31H22N2O6.C3H8.C2H6/c1-31(2,17-3-7-19(8-4-17)38-21-11-13-23-25(15-21)29(36)32-27(23)34)18-5-9-20(10-6-18)39-22-12-14-24-26(16-22)30(37)33-28(24)35;1-3-2;1-2/h3-16H,1-2H3,(H,32,34,36)(H,33,35,37);3H2,1-2H3;1-2H3. The highest BCUT2D eigenvalue weighted by atomic mass is 16.5. The molecule has 0 spiro atoms. The van der Waals surface area contributed by atoms with Gasteiger partial charge in [0.05, 0.1) is 22.3 Å². The van der Waals surface area contributed by atoms with Crippen molar-refractivity contribution < 1.29 is 28.7 Å². The van der Waals surface area contributed by atoms with Crippen molar-refractivity contribution in [3.63, 3.8) is 0 Å². The molecule has 2 aliphatic rings. The third-order valence-electron chi connectivity index (χ3n) is 7.04. The van der Waals surface area contributed by atoms with Gasteiger partial charge in [0.15, 0.2) is 0 Å². The van der Waals surface area contributed by atoms with E-state index in [4.69, 9.17) is 9.47 Å². The predicted octanol–water partition coefficient (Wildman–Crippen LogP) is 7.81. The molecule has 8 nitrogen and oxygen atoms in total. The normalized spacial score (nSPS) is 13.0. The minimum Gasteiger partial charge on any atom is -0.457 e. The van der Waals surface area contributed by atoms with Gasteiger partial charge in [-0.25, -0.2) is 0 Å². The molecule has 0 atom stereocenters. The van der Waals surface area contributed by atoms with Gasteiger partial charge in [-0.15, -0.1) is 0 Å². The molecule has 4 amide bonds. The summed E-state index contributed by atoms with van der Waals surface area (Å²) in [6.07, 6.45) is 1.25. The van der Waals surface area contributed by atoms with Crippen molar-refractivity contribution in [2.24, 2.45) is 0 Å². The van der Waals surface area contributed by atoms with Crippen molar-refractivity contribution in [1.29, 1.82) is 0 Å². The highest BCUT2D eigenvalue weighted by Gasteiger charge is 2.28. The summed E-state index contributed by atoms with van der Waals surface area (Å²) in [6.45, 7) is 12.5. The van der Waals surface area contributed by atoms with Crippen molar-refractivity contribution in [2.45, 2.75) is 53.4 Å². The number of carbonyl (C=O) groups is 4. The quantitative estimate of drug-likeness (QED) is 0.221. The Labute approximate surface area is 257 Å². The van der Waals surface area contributed by atoms with Gasteiger partial charge in [-0.2, -0.15) is 0 Å². The second-order valence-corrected chi connectivity index (χ2v) is 10.6. The van der Waals surface area contributed by atoms with E-state index in [-0.39, 0.29) is 5.41 Å². The molecule has 8 heteroatoms. The number of rotatable bonds is 6. The van der Waals surface area contributed by atoms with Crippen LogP contribution in [0.4, 0.5) is 0 Å². The van der Waals surface area contributed by atoms with Crippen LogP contribution in [-0.4, -0.2) is 23.6 Å². The smallest absolute Gasteiger partial charge is 0.259 e. The molecule has 0 aromatic heterocycles. The van der Waals surface area contributed by atoms with Crippen LogP contribution < -0.4 is 20.1 Å². The molecule has 4 aromatic carbocycles. The second kappa shape index (κ2) is 13.4. The first-order valence-electron chi connectivity index (χ1n) is 14.7. The summed E-state index contributed by atoms with van der Waals surface area (Å²) in [5.74, 6) is 0.495. The lowest BCUT2D eigenvalue weighted by atomic mass is 9.78. The molecule has 0 unspecified atom stereocenters. The monoisotopic (exact) mass is 592 g/mol. The number of hydrogen-bond acceptors (Lipinski definition) is 6. The zero-order chi connectivity index (χ0) is 32.0. The summed E-state index contributed by atoms with van der Waals surface area (Å²) in [7, 11) is 0. The summed E-state index contributed by atoms with van der Waals surface area (Å²) >= 11 is 0. The molecule has 0 radical (unpaired) electrons. The minimum atomic E-state index is -0.426. The SMILES string of the molecule is CC.CC(C)(c1ccc(Oc2ccc3c(c2)C(=O)NC3=O)cc1)c1ccc(Oc2ccc3c(c2)C(=O)NC3=O)cc1.CCC. The third kappa shape index (κ3) is 6.54. The van der Waals surface area contributed by atoms with Gasteiger partial charge in [-0.3, -0.25) is 29.8 Å². The van der Waals surface area contributed by atoms with E-state index in [0.29, 0.717) is 45.3 Å². The number of hydrogen-bond donors (Lipinski definition) is 2. The fourth-order valence-corrected chi connectivity index (χ4v) is 4.74. The van der Waals surface area contributed by atoms with E-state index in [1.54, 1.807) is 36.4 Å². The number of imide groups is 2. The lowest BCUT2D eigenvalue weighted by Gasteiger charge is -2.26. The third-order valence-corrected chi connectivity index (χ3v) is 7.04. The summed E-state index contributed by atoms with van der Waals surface area (Å²) in [5, 5.41) is 4.55. The van der Waals surface area contributed by atoms with Crippen LogP contribution in [-0.2, 0) is 5.41 Å². The fourth-order valence-electron chi connectivity index (χ4n) is 4.74. The molecule has 4 aromatic rings. The first-order chi connectivity index (χ1) is 21.1. The van der Waals surface area contributed by atoms with Crippen molar-refractivity contribution in [3.8, 4) is 23.0 Å². The molecular weight excluding hydrogens is 556 g/mol. The molecule has 2 heterocycles. The van der Waals surface area contributed by atoms with Gasteiger partial charge in [0.1, 0.15) is 23.0 Å². The molecule has 44 heavy (non-hydrogen) atoms. The molecule has 2 aliphatic heterocycles. The van der Waals surface area contributed by atoms with Gasteiger partial charge in [-0.1, -0.05) is 72.2 Å². The van der Waals surface area contributed by atoms with Crippen LogP contribution in [0.1, 0.15) is 101 Å². The maximum atomic E-state index is 11.9. The van der Waals surface area contributed by atoms with Crippen LogP contribution in [0.2, 0.25) is 0 Å². The number of carbonyl (C=O) groups excluding carboxylic acids is 4. The van der Waals surface area contributed by atoms with E-state index in [2.05, 4.69) is 38.3 Å². The second-order valence-electron chi connectivity index (χ2n) is 10.6. The maximum absolute atomic E-state index is 11.9. The first kappa shape index (κ1) is 31.7. The molecule has 0 saturated heterocycles.